The number of hydrazine groups is 1. The van der Waals surface area contributed by atoms with Crippen LogP contribution in [0.2, 0.25) is 0 Å². The molecule has 2 rings (SSSR count). The molecule has 0 aliphatic heterocycles. The molecular weight excluding hydrogens is 303 g/mol. The third-order valence-electron chi connectivity index (χ3n) is 2.74. The minimum Gasteiger partial charge on any atom is -0.480 e. The van der Waals surface area contributed by atoms with Crippen LogP contribution in [-0.4, -0.2) is 28.0 Å². The second-order valence-corrected chi connectivity index (χ2v) is 4.49. The Morgan fingerprint density at radius 1 is 1.26 bits per heavy atom. The van der Waals surface area contributed by atoms with Gasteiger partial charge in [0.1, 0.15) is 11.9 Å². The molecule has 8 heteroatoms. The van der Waals surface area contributed by atoms with Crippen LogP contribution < -0.4 is 17.0 Å². The fraction of sp³-hybridized carbons (Fsp3) is 0.133. The summed E-state index contributed by atoms with van der Waals surface area (Å²) in [5.41, 5.74) is 8.40. The number of halogens is 1. The Labute approximate surface area is 132 Å². The number of hydrogen-bond donors (Lipinski definition) is 4. The van der Waals surface area contributed by atoms with Crippen LogP contribution >= 0.6 is 0 Å². The number of nitrogens with zero attached hydrogens (tertiary/aromatic N) is 1. The van der Waals surface area contributed by atoms with Gasteiger partial charge in [-0.15, -0.1) is 0 Å². The second kappa shape index (κ2) is 9.23. The number of pyridine rings is 1. The van der Waals surface area contributed by atoms with Crippen molar-refractivity contribution in [2.45, 2.75) is 12.5 Å². The highest BCUT2D eigenvalue weighted by atomic mass is 19.1. The summed E-state index contributed by atoms with van der Waals surface area (Å²) in [6, 6.07) is 7.95. The third-order valence-corrected chi connectivity index (χ3v) is 2.74. The van der Waals surface area contributed by atoms with Crippen LogP contribution in [0.5, 0.6) is 0 Å². The van der Waals surface area contributed by atoms with Gasteiger partial charge >= 0.3 is 5.97 Å². The Morgan fingerprint density at radius 3 is 2.43 bits per heavy atom. The molecular formula is C15H17FN4O3. The van der Waals surface area contributed by atoms with E-state index >= 15 is 0 Å². The number of aromatic nitrogens is 1. The van der Waals surface area contributed by atoms with Crippen LogP contribution in [0.25, 0.3) is 0 Å². The minimum absolute atomic E-state index is 0.146. The van der Waals surface area contributed by atoms with Gasteiger partial charge in [0.05, 0.1) is 0 Å². The number of rotatable bonds is 4. The average molecular weight is 320 g/mol. The Balaban J connectivity index is 0.000000238. The fourth-order valence-electron chi connectivity index (χ4n) is 1.59. The van der Waals surface area contributed by atoms with Gasteiger partial charge in [-0.05, 0) is 36.2 Å². The highest BCUT2D eigenvalue weighted by Crippen LogP contribution is 2.05. The molecule has 6 N–H and O–H groups in total. The van der Waals surface area contributed by atoms with Crippen molar-refractivity contribution < 1.29 is 19.1 Å². The largest absolute Gasteiger partial charge is 0.480 e. The number of carboxylic acids is 1. The van der Waals surface area contributed by atoms with Crippen molar-refractivity contribution >= 4 is 11.9 Å². The third kappa shape index (κ3) is 6.64. The number of benzene rings is 1. The summed E-state index contributed by atoms with van der Waals surface area (Å²) in [7, 11) is 0. The minimum atomic E-state index is -1.08. The van der Waals surface area contributed by atoms with Gasteiger partial charge in [-0.25, -0.2) is 10.2 Å². The molecule has 0 radical (unpaired) electrons. The van der Waals surface area contributed by atoms with Crippen molar-refractivity contribution in [2.75, 3.05) is 0 Å². The fourth-order valence-corrected chi connectivity index (χ4v) is 1.59. The van der Waals surface area contributed by atoms with Crippen molar-refractivity contribution in [1.29, 1.82) is 0 Å². The summed E-state index contributed by atoms with van der Waals surface area (Å²) in [6.45, 7) is 0. The Bertz CT molecular complexity index is 652. The molecule has 23 heavy (non-hydrogen) atoms. The van der Waals surface area contributed by atoms with Crippen LogP contribution in [0.1, 0.15) is 15.9 Å². The Hall–Kier alpha value is -2.84. The molecule has 1 atom stereocenters. The number of carbonyl (C=O) groups is 2. The predicted octanol–water partition coefficient (Wildman–Crippen LogP) is 0.465. The van der Waals surface area contributed by atoms with Gasteiger partial charge in [0.2, 0.25) is 0 Å². The number of nitrogen functional groups attached to an aromatic ring is 1. The average Bonchev–Trinajstić information content (AvgIpc) is 2.55. The Kier molecular flexibility index (Phi) is 7.31. The SMILES string of the molecule is NC(Cc1cccc(F)c1)C(=O)O.NNC(=O)c1ccncc1. The maximum absolute atomic E-state index is 12.6. The van der Waals surface area contributed by atoms with Gasteiger partial charge in [-0.3, -0.25) is 20.0 Å². The zero-order chi connectivity index (χ0) is 17.2. The molecule has 1 aromatic carbocycles. The zero-order valence-electron chi connectivity index (χ0n) is 12.1. The maximum atomic E-state index is 12.6. The molecule has 1 heterocycles. The number of amides is 1. The summed E-state index contributed by atoms with van der Waals surface area (Å²) in [6.07, 6.45) is 3.21. The lowest BCUT2D eigenvalue weighted by Gasteiger charge is -2.05. The number of carbonyl (C=O) groups excluding carboxylic acids is 1. The van der Waals surface area contributed by atoms with Crippen LogP contribution in [-0.2, 0) is 11.2 Å². The zero-order valence-corrected chi connectivity index (χ0v) is 12.1. The summed E-state index contributed by atoms with van der Waals surface area (Å²) >= 11 is 0. The van der Waals surface area contributed by atoms with E-state index in [0.717, 1.165) is 0 Å². The standard InChI is InChI=1S/C9H10FNO2.C6H7N3O/c10-7-3-1-2-6(4-7)5-8(11)9(12)13;7-9-6(10)5-1-3-8-4-2-5/h1-4,8H,5,11H2,(H,12,13);1-4H,7H2,(H,9,10). The maximum Gasteiger partial charge on any atom is 0.320 e. The quantitative estimate of drug-likeness (QED) is 0.368. The van der Waals surface area contributed by atoms with E-state index in [9.17, 15) is 14.0 Å². The van der Waals surface area contributed by atoms with E-state index in [0.29, 0.717) is 11.1 Å². The van der Waals surface area contributed by atoms with E-state index in [1.807, 2.05) is 5.43 Å². The molecule has 1 unspecified atom stereocenters. The van der Waals surface area contributed by atoms with Crippen molar-refractivity contribution in [3.8, 4) is 0 Å². The van der Waals surface area contributed by atoms with Crippen molar-refractivity contribution in [3.05, 3.63) is 65.7 Å². The predicted molar refractivity (Wildman–Crippen MR) is 81.6 cm³/mol. The van der Waals surface area contributed by atoms with E-state index in [1.54, 1.807) is 18.2 Å². The first-order valence-corrected chi connectivity index (χ1v) is 6.58. The van der Waals surface area contributed by atoms with E-state index in [1.165, 1.54) is 30.6 Å². The number of aliphatic carboxylic acids is 1. The van der Waals surface area contributed by atoms with Crippen molar-refractivity contribution in [1.82, 2.24) is 10.4 Å². The van der Waals surface area contributed by atoms with Crippen molar-refractivity contribution in [2.24, 2.45) is 11.6 Å². The lowest BCUT2D eigenvalue weighted by molar-refractivity contribution is -0.138. The first-order chi connectivity index (χ1) is 10.9. The van der Waals surface area contributed by atoms with Gasteiger partial charge in [0, 0.05) is 18.0 Å². The summed E-state index contributed by atoms with van der Waals surface area (Å²) in [5, 5.41) is 8.49. The van der Waals surface area contributed by atoms with Crippen LogP contribution in [0.15, 0.2) is 48.8 Å². The summed E-state index contributed by atoms with van der Waals surface area (Å²) in [5.74, 6) is 3.12. The number of carboxylic acid groups (broad SMARTS) is 1. The number of nitrogens with one attached hydrogen (secondary N) is 1. The first kappa shape index (κ1) is 18.2. The smallest absolute Gasteiger partial charge is 0.320 e. The molecule has 0 saturated heterocycles. The van der Waals surface area contributed by atoms with Crippen LogP contribution in [0.3, 0.4) is 0 Å². The highest BCUT2D eigenvalue weighted by molar-refractivity contribution is 5.93. The van der Waals surface area contributed by atoms with Gasteiger partial charge in [0.25, 0.3) is 5.91 Å². The molecule has 0 saturated carbocycles. The molecule has 2 aromatic rings. The molecule has 0 aliphatic carbocycles. The van der Waals surface area contributed by atoms with E-state index in [4.69, 9.17) is 16.7 Å². The normalized spacial score (nSPS) is 10.9. The monoisotopic (exact) mass is 320 g/mol. The summed E-state index contributed by atoms with van der Waals surface area (Å²) < 4.78 is 12.6. The van der Waals surface area contributed by atoms with E-state index in [2.05, 4.69) is 4.98 Å². The number of nitrogens with two attached hydrogens (primary N) is 2. The topological polar surface area (TPSA) is 131 Å². The lowest BCUT2D eigenvalue weighted by atomic mass is 10.1. The molecule has 0 aliphatic rings. The second-order valence-electron chi connectivity index (χ2n) is 4.49. The molecule has 7 nitrogen and oxygen atoms in total. The first-order valence-electron chi connectivity index (χ1n) is 6.58. The molecule has 0 fully saturated rings. The van der Waals surface area contributed by atoms with Gasteiger partial charge in [0.15, 0.2) is 0 Å². The van der Waals surface area contributed by atoms with Crippen LogP contribution in [0.4, 0.5) is 4.39 Å². The highest BCUT2D eigenvalue weighted by Gasteiger charge is 2.11. The van der Waals surface area contributed by atoms with Gasteiger partial charge < -0.3 is 10.8 Å². The van der Waals surface area contributed by atoms with Crippen molar-refractivity contribution in [3.63, 3.8) is 0 Å². The van der Waals surface area contributed by atoms with E-state index < -0.39 is 12.0 Å². The lowest BCUT2D eigenvalue weighted by Crippen LogP contribution is -2.32. The molecule has 1 aromatic heterocycles. The van der Waals surface area contributed by atoms with Gasteiger partial charge in [-0.1, -0.05) is 12.1 Å². The van der Waals surface area contributed by atoms with Gasteiger partial charge in [-0.2, -0.15) is 0 Å². The molecule has 0 spiro atoms. The molecule has 1 amide bonds. The Morgan fingerprint density at radius 2 is 1.91 bits per heavy atom. The number of hydrogen-bond acceptors (Lipinski definition) is 5. The van der Waals surface area contributed by atoms with E-state index in [-0.39, 0.29) is 18.1 Å². The summed E-state index contributed by atoms with van der Waals surface area (Å²) in [4.78, 5) is 24.9. The van der Waals surface area contributed by atoms with Crippen LogP contribution in [0, 0.1) is 5.82 Å². The molecule has 0 bridgehead atoms. The molecule has 122 valence electrons.